The molecule has 0 N–H and O–H groups in total. The molecule has 1 heterocycles. The lowest BCUT2D eigenvalue weighted by atomic mass is 10.2. The molecule has 102 valence electrons. The first-order chi connectivity index (χ1) is 9.67. The van der Waals surface area contributed by atoms with Gasteiger partial charge in [0.1, 0.15) is 17.3 Å². The van der Waals surface area contributed by atoms with Gasteiger partial charge in [-0.05, 0) is 45.0 Å². The number of imidazole rings is 1. The quantitative estimate of drug-likeness (QED) is 0.699. The molecular formula is C17H18N2O. The fourth-order valence-corrected chi connectivity index (χ4v) is 2.43. The van der Waals surface area contributed by atoms with Crippen molar-refractivity contribution in [3.63, 3.8) is 0 Å². The van der Waals surface area contributed by atoms with Crippen molar-refractivity contribution in [2.45, 2.75) is 27.3 Å². The van der Waals surface area contributed by atoms with Crippen molar-refractivity contribution in [1.29, 1.82) is 0 Å². The van der Waals surface area contributed by atoms with E-state index in [1.54, 1.807) is 0 Å². The predicted octanol–water partition coefficient (Wildman–Crippen LogP) is 4.47. The van der Waals surface area contributed by atoms with E-state index in [9.17, 15) is 0 Å². The number of aromatic nitrogens is 2. The summed E-state index contributed by atoms with van der Waals surface area (Å²) < 4.78 is 8.10. The molecule has 0 aliphatic heterocycles. The van der Waals surface area contributed by atoms with E-state index < -0.39 is 0 Å². The molecule has 0 saturated heterocycles. The molecule has 3 aromatic rings. The van der Waals surface area contributed by atoms with E-state index in [2.05, 4.69) is 29.5 Å². The van der Waals surface area contributed by atoms with Gasteiger partial charge in [-0.15, -0.1) is 0 Å². The minimum Gasteiger partial charge on any atom is -0.457 e. The smallest absolute Gasteiger partial charge is 0.129 e. The van der Waals surface area contributed by atoms with Gasteiger partial charge in [-0.1, -0.05) is 17.7 Å². The van der Waals surface area contributed by atoms with E-state index >= 15 is 0 Å². The molecule has 0 unspecified atom stereocenters. The van der Waals surface area contributed by atoms with Gasteiger partial charge in [-0.2, -0.15) is 0 Å². The van der Waals surface area contributed by atoms with Crippen molar-refractivity contribution in [3.05, 3.63) is 53.9 Å². The lowest BCUT2D eigenvalue weighted by Crippen LogP contribution is -1.96. The van der Waals surface area contributed by atoms with E-state index in [-0.39, 0.29) is 0 Å². The number of fused-ring (bicyclic) bond motifs is 1. The highest BCUT2D eigenvalue weighted by molar-refractivity contribution is 5.77. The summed E-state index contributed by atoms with van der Waals surface area (Å²) in [6.45, 7) is 7.14. The Hall–Kier alpha value is -2.29. The Bertz CT molecular complexity index is 742. The first-order valence-corrected chi connectivity index (χ1v) is 6.89. The zero-order valence-electron chi connectivity index (χ0n) is 12.1. The maximum absolute atomic E-state index is 5.91. The van der Waals surface area contributed by atoms with Crippen LogP contribution in [-0.2, 0) is 6.54 Å². The Labute approximate surface area is 118 Å². The molecule has 1 aromatic heterocycles. The normalized spacial score (nSPS) is 10.9. The molecular weight excluding hydrogens is 248 g/mol. The molecule has 2 aromatic carbocycles. The Balaban J connectivity index is 1.98. The van der Waals surface area contributed by atoms with Gasteiger partial charge in [0.2, 0.25) is 0 Å². The van der Waals surface area contributed by atoms with E-state index in [1.165, 1.54) is 5.56 Å². The second-order valence-electron chi connectivity index (χ2n) is 4.97. The molecule has 3 heteroatoms. The van der Waals surface area contributed by atoms with Crippen LogP contribution in [0.1, 0.15) is 18.3 Å². The van der Waals surface area contributed by atoms with E-state index in [1.807, 2.05) is 43.3 Å². The highest BCUT2D eigenvalue weighted by Crippen LogP contribution is 2.26. The highest BCUT2D eigenvalue weighted by atomic mass is 16.5. The molecule has 20 heavy (non-hydrogen) atoms. The first kappa shape index (κ1) is 12.7. The summed E-state index contributed by atoms with van der Waals surface area (Å²) in [6.07, 6.45) is 0. The van der Waals surface area contributed by atoms with Crippen LogP contribution in [0.5, 0.6) is 11.5 Å². The second-order valence-corrected chi connectivity index (χ2v) is 4.97. The average molecular weight is 266 g/mol. The fraction of sp³-hybridized carbons (Fsp3) is 0.235. The Morgan fingerprint density at radius 1 is 1.00 bits per heavy atom. The number of hydrogen-bond acceptors (Lipinski definition) is 2. The molecule has 0 fully saturated rings. The second kappa shape index (κ2) is 5.00. The van der Waals surface area contributed by atoms with Gasteiger partial charge in [-0.25, -0.2) is 4.98 Å². The molecule has 0 atom stereocenters. The number of rotatable bonds is 3. The van der Waals surface area contributed by atoms with Crippen molar-refractivity contribution in [2.24, 2.45) is 0 Å². The number of aryl methyl sites for hydroxylation is 3. The van der Waals surface area contributed by atoms with Crippen molar-refractivity contribution < 1.29 is 4.74 Å². The topological polar surface area (TPSA) is 27.1 Å². The third-order valence-corrected chi connectivity index (χ3v) is 3.48. The minimum atomic E-state index is 0.843. The summed E-state index contributed by atoms with van der Waals surface area (Å²) in [5.74, 6) is 2.74. The van der Waals surface area contributed by atoms with Crippen LogP contribution in [0.15, 0.2) is 42.5 Å². The van der Waals surface area contributed by atoms with Crippen molar-refractivity contribution in [3.8, 4) is 11.5 Å². The largest absolute Gasteiger partial charge is 0.457 e. The number of hydrogen-bond donors (Lipinski definition) is 0. The van der Waals surface area contributed by atoms with Gasteiger partial charge >= 0.3 is 0 Å². The summed E-state index contributed by atoms with van der Waals surface area (Å²) in [5.41, 5.74) is 3.36. The molecule has 0 aliphatic rings. The van der Waals surface area contributed by atoms with Gasteiger partial charge in [0.15, 0.2) is 0 Å². The van der Waals surface area contributed by atoms with Crippen molar-refractivity contribution in [1.82, 2.24) is 9.55 Å². The third kappa shape index (κ3) is 2.27. The summed E-state index contributed by atoms with van der Waals surface area (Å²) in [6, 6.07) is 14.1. The van der Waals surface area contributed by atoms with Gasteiger partial charge < -0.3 is 9.30 Å². The van der Waals surface area contributed by atoms with Crippen LogP contribution in [-0.4, -0.2) is 9.55 Å². The van der Waals surface area contributed by atoms with Gasteiger partial charge in [-0.3, -0.25) is 0 Å². The van der Waals surface area contributed by atoms with Gasteiger partial charge in [0.05, 0.1) is 11.0 Å². The first-order valence-electron chi connectivity index (χ1n) is 6.89. The van der Waals surface area contributed by atoms with Crippen LogP contribution in [0.2, 0.25) is 0 Å². The summed E-state index contributed by atoms with van der Waals surface area (Å²) >= 11 is 0. The average Bonchev–Trinajstić information content (AvgIpc) is 2.76. The van der Waals surface area contributed by atoms with Crippen LogP contribution in [0.3, 0.4) is 0 Å². The monoisotopic (exact) mass is 266 g/mol. The summed E-state index contributed by atoms with van der Waals surface area (Å²) in [4.78, 5) is 4.55. The standard InChI is InChI=1S/C17H18N2O/c1-4-19-13(3)18-16-10-9-15(11-17(16)19)20-14-7-5-12(2)6-8-14/h5-11H,4H2,1-3H3. The van der Waals surface area contributed by atoms with Gasteiger partial charge in [0.25, 0.3) is 0 Å². The maximum atomic E-state index is 5.91. The van der Waals surface area contributed by atoms with E-state index in [4.69, 9.17) is 4.74 Å². The zero-order chi connectivity index (χ0) is 14.1. The van der Waals surface area contributed by atoms with E-state index in [0.717, 1.165) is 34.9 Å². The number of ether oxygens (including phenoxy) is 1. The molecule has 0 aliphatic carbocycles. The minimum absolute atomic E-state index is 0.843. The third-order valence-electron chi connectivity index (χ3n) is 3.48. The van der Waals surface area contributed by atoms with Crippen LogP contribution >= 0.6 is 0 Å². The SMILES string of the molecule is CCn1c(C)nc2ccc(Oc3ccc(C)cc3)cc21. The van der Waals surface area contributed by atoms with Crippen molar-refractivity contribution >= 4 is 11.0 Å². The Morgan fingerprint density at radius 2 is 1.70 bits per heavy atom. The summed E-state index contributed by atoms with van der Waals surface area (Å²) in [5, 5.41) is 0. The molecule has 0 radical (unpaired) electrons. The molecule has 0 bridgehead atoms. The Morgan fingerprint density at radius 3 is 2.40 bits per heavy atom. The lowest BCUT2D eigenvalue weighted by molar-refractivity contribution is 0.483. The van der Waals surface area contributed by atoms with Crippen molar-refractivity contribution in [2.75, 3.05) is 0 Å². The fourth-order valence-electron chi connectivity index (χ4n) is 2.43. The molecule has 3 rings (SSSR count). The molecule has 0 saturated carbocycles. The highest BCUT2D eigenvalue weighted by Gasteiger charge is 2.07. The van der Waals surface area contributed by atoms with Crippen LogP contribution in [0, 0.1) is 13.8 Å². The summed E-state index contributed by atoms with van der Waals surface area (Å²) in [7, 11) is 0. The van der Waals surface area contributed by atoms with Gasteiger partial charge in [0, 0.05) is 12.6 Å². The predicted molar refractivity (Wildman–Crippen MR) is 81.4 cm³/mol. The lowest BCUT2D eigenvalue weighted by Gasteiger charge is -2.07. The van der Waals surface area contributed by atoms with E-state index in [0.29, 0.717) is 0 Å². The molecule has 0 amide bonds. The maximum Gasteiger partial charge on any atom is 0.129 e. The number of nitrogens with zero attached hydrogens (tertiary/aromatic N) is 2. The number of benzene rings is 2. The Kier molecular flexibility index (Phi) is 3.18. The van der Waals surface area contributed by atoms with Crippen LogP contribution in [0.4, 0.5) is 0 Å². The van der Waals surface area contributed by atoms with Crippen LogP contribution in [0.25, 0.3) is 11.0 Å². The van der Waals surface area contributed by atoms with Crippen LogP contribution < -0.4 is 4.74 Å². The zero-order valence-corrected chi connectivity index (χ0v) is 12.1. The molecule has 0 spiro atoms. The molecule has 3 nitrogen and oxygen atoms in total.